The lowest BCUT2D eigenvalue weighted by Crippen LogP contribution is -2.36. The molecule has 1 aliphatic heterocycles. The van der Waals surface area contributed by atoms with E-state index in [-0.39, 0.29) is 17.4 Å². The molecule has 1 fully saturated rings. The molecule has 0 saturated carbocycles. The number of benzene rings is 2. The van der Waals surface area contributed by atoms with E-state index < -0.39 is 17.8 Å². The summed E-state index contributed by atoms with van der Waals surface area (Å²) in [5.74, 6) is -1.05. The molecule has 0 spiro atoms. The van der Waals surface area contributed by atoms with Crippen molar-refractivity contribution in [3.8, 4) is 11.5 Å². The molecule has 0 radical (unpaired) electrons. The van der Waals surface area contributed by atoms with Crippen LogP contribution in [0.4, 0.5) is 9.18 Å². The minimum Gasteiger partial charge on any atom is -0.465 e. The fourth-order valence-corrected chi connectivity index (χ4v) is 3.57. The monoisotopic (exact) mass is 383 g/mol. The summed E-state index contributed by atoms with van der Waals surface area (Å²) in [6.45, 7) is 1.02. The quantitative estimate of drug-likeness (QED) is 0.718. The number of fused-ring (bicyclic) bond motifs is 1. The summed E-state index contributed by atoms with van der Waals surface area (Å²) in [4.78, 5) is 28.1. The first-order valence-corrected chi connectivity index (χ1v) is 8.90. The molecule has 1 saturated heterocycles. The van der Waals surface area contributed by atoms with Crippen LogP contribution in [0.2, 0.25) is 0 Å². The van der Waals surface area contributed by atoms with E-state index in [1.807, 2.05) is 18.2 Å². The Morgan fingerprint density at radius 2 is 1.93 bits per heavy atom. The highest BCUT2D eigenvalue weighted by Crippen LogP contribution is 2.32. The molecule has 4 rings (SSSR count). The van der Waals surface area contributed by atoms with Crippen LogP contribution in [0.5, 0.6) is 0 Å². The number of rotatable bonds is 3. The lowest BCUT2D eigenvalue weighted by molar-refractivity contribution is 0.0996. The van der Waals surface area contributed by atoms with Crippen LogP contribution in [0.3, 0.4) is 0 Å². The second kappa shape index (κ2) is 6.95. The van der Waals surface area contributed by atoms with Crippen molar-refractivity contribution in [3.63, 3.8) is 0 Å². The van der Waals surface area contributed by atoms with E-state index in [0.29, 0.717) is 29.8 Å². The van der Waals surface area contributed by atoms with Crippen LogP contribution in [0.25, 0.3) is 22.6 Å². The van der Waals surface area contributed by atoms with Gasteiger partial charge in [0.05, 0.1) is 5.56 Å². The van der Waals surface area contributed by atoms with Crippen LogP contribution in [0.15, 0.2) is 40.8 Å². The zero-order valence-electron chi connectivity index (χ0n) is 14.9. The van der Waals surface area contributed by atoms with E-state index >= 15 is 0 Å². The first-order chi connectivity index (χ1) is 13.4. The maximum atomic E-state index is 14.0. The molecule has 0 unspecified atom stereocenters. The Kier molecular flexibility index (Phi) is 4.46. The van der Waals surface area contributed by atoms with Crippen molar-refractivity contribution in [2.24, 2.45) is 5.73 Å². The van der Waals surface area contributed by atoms with Crippen molar-refractivity contribution in [1.82, 2.24) is 9.88 Å². The number of carboxylic acid groups (broad SMARTS) is 1. The molecule has 7 nitrogen and oxygen atoms in total. The number of halogens is 1. The minimum atomic E-state index is -0.885. The highest BCUT2D eigenvalue weighted by atomic mass is 19.1. The summed E-state index contributed by atoms with van der Waals surface area (Å²) in [5, 5.41) is 9.07. The van der Waals surface area contributed by atoms with Crippen molar-refractivity contribution in [1.29, 1.82) is 0 Å². The van der Waals surface area contributed by atoms with Gasteiger partial charge in [-0.25, -0.2) is 14.2 Å². The van der Waals surface area contributed by atoms with Gasteiger partial charge in [0.25, 0.3) is 5.91 Å². The van der Waals surface area contributed by atoms with Crippen LogP contribution in [0, 0.1) is 5.82 Å². The normalized spacial score (nSPS) is 15.1. The number of amides is 2. The Hall–Kier alpha value is -3.42. The second-order valence-corrected chi connectivity index (χ2v) is 6.85. The molecular formula is C20H18FN3O4. The lowest BCUT2D eigenvalue weighted by Gasteiger charge is -2.30. The Labute approximate surface area is 159 Å². The minimum absolute atomic E-state index is 0.185. The molecule has 3 N–H and O–H groups in total. The Morgan fingerprint density at radius 1 is 1.18 bits per heavy atom. The standard InChI is InChI=1S/C20H18FN3O4/c21-15-9-13(1-3-14(15)18(22)25)19-23-16-10-12(2-4-17(16)28-19)11-5-7-24(8-6-11)20(26)27/h1-4,9-11H,5-8H2,(H2,22,25)(H,26,27). The van der Waals surface area contributed by atoms with Crippen LogP contribution >= 0.6 is 0 Å². The zero-order valence-corrected chi connectivity index (χ0v) is 14.9. The third kappa shape index (κ3) is 3.28. The number of nitrogens with two attached hydrogens (primary N) is 1. The van der Waals surface area contributed by atoms with Gasteiger partial charge in [-0.2, -0.15) is 0 Å². The van der Waals surface area contributed by atoms with Gasteiger partial charge in [-0.3, -0.25) is 4.79 Å². The SMILES string of the molecule is NC(=O)c1ccc(-c2nc3cc(C4CCN(C(=O)O)CC4)ccc3o2)cc1F. The molecule has 2 heterocycles. The predicted octanol–water partition coefficient (Wildman–Crippen LogP) is 3.59. The van der Waals surface area contributed by atoms with E-state index in [0.717, 1.165) is 18.4 Å². The third-order valence-corrected chi connectivity index (χ3v) is 5.13. The summed E-state index contributed by atoms with van der Waals surface area (Å²) in [6, 6.07) is 9.72. The molecule has 2 aromatic carbocycles. The van der Waals surface area contributed by atoms with Gasteiger partial charge in [0.15, 0.2) is 5.58 Å². The molecule has 2 amide bonds. The topological polar surface area (TPSA) is 110 Å². The van der Waals surface area contributed by atoms with Crippen molar-refractivity contribution >= 4 is 23.1 Å². The Balaban J connectivity index is 1.60. The van der Waals surface area contributed by atoms with Gasteiger partial charge >= 0.3 is 6.09 Å². The summed E-state index contributed by atoms with van der Waals surface area (Å²) in [6.07, 6.45) is 0.620. The number of hydrogen-bond donors (Lipinski definition) is 2. The maximum Gasteiger partial charge on any atom is 0.407 e. The number of aromatic nitrogens is 1. The van der Waals surface area contributed by atoms with E-state index in [1.165, 1.54) is 23.1 Å². The fourth-order valence-electron chi connectivity index (χ4n) is 3.57. The summed E-state index contributed by atoms with van der Waals surface area (Å²) in [7, 11) is 0. The van der Waals surface area contributed by atoms with Gasteiger partial charge in [-0.15, -0.1) is 0 Å². The summed E-state index contributed by atoms with van der Waals surface area (Å²) < 4.78 is 19.7. The van der Waals surface area contributed by atoms with Gasteiger partial charge in [-0.05, 0) is 54.7 Å². The smallest absolute Gasteiger partial charge is 0.407 e. The average molecular weight is 383 g/mol. The van der Waals surface area contributed by atoms with Crippen LogP contribution in [-0.4, -0.2) is 40.1 Å². The molecule has 3 aromatic rings. The lowest BCUT2D eigenvalue weighted by atomic mass is 9.89. The predicted molar refractivity (Wildman–Crippen MR) is 99.5 cm³/mol. The first kappa shape index (κ1) is 18.0. The number of hydrogen-bond acceptors (Lipinski definition) is 4. The van der Waals surface area contributed by atoms with Gasteiger partial charge in [-0.1, -0.05) is 6.07 Å². The van der Waals surface area contributed by atoms with Gasteiger partial charge < -0.3 is 20.2 Å². The summed E-state index contributed by atoms with van der Waals surface area (Å²) >= 11 is 0. The van der Waals surface area contributed by atoms with Crippen molar-refractivity contribution in [2.45, 2.75) is 18.8 Å². The molecule has 1 aliphatic rings. The number of primary amides is 1. The molecule has 0 aliphatic carbocycles. The molecule has 0 bridgehead atoms. The number of carbonyl (C=O) groups is 2. The second-order valence-electron chi connectivity index (χ2n) is 6.85. The molecule has 8 heteroatoms. The Morgan fingerprint density at radius 3 is 2.57 bits per heavy atom. The summed E-state index contributed by atoms with van der Waals surface area (Å²) in [5.41, 5.74) is 7.64. The number of piperidine rings is 1. The van der Waals surface area contributed by atoms with Gasteiger partial charge in [0.2, 0.25) is 5.89 Å². The number of carbonyl (C=O) groups excluding carboxylic acids is 1. The largest absolute Gasteiger partial charge is 0.465 e. The fraction of sp³-hybridized carbons (Fsp3) is 0.250. The van der Waals surface area contributed by atoms with Crippen molar-refractivity contribution < 1.29 is 23.5 Å². The highest BCUT2D eigenvalue weighted by Gasteiger charge is 2.24. The Bertz CT molecular complexity index is 1070. The number of oxazole rings is 1. The van der Waals surface area contributed by atoms with Gasteiger partial charge in [0, 0.05) is 18.7 Å². The maximum absolute atomic E-state index is 14.0. The zero-order chi connectivity index (χ0) is 19.8. The van der Waals surface area contributed by atoms with E-state index in [9.17, 15) is 14.0 Å². The molecule has 28 heavy (non-hydrogen) atoms. The van der Waals surface area contributed by atoms with Crippen LogP contribution in [0.1, 0.15) is 34.7 Å². The highest BCUT2D eigenvalue weighted by molar-refractivity contribution is 5.93. The molecular weight excluding hydrogens is 365 g/mol. The van der Waals surface area contributed by atoms with E-state index in [2.05, 4.69) is 4.98 Å². The van der Waals surface area contributed by atoms with E-state index in [4.69, 9.17) is 15.3 Å². The van der Waals surface area contributed by atoms with Crippen molar-refractivity contribution in [3.05, 3.63) is 53.3 Å². The number of nitrogens with zero attached hydrogens (tertiary/aromatic N) is 2. The third-order valence-electron chi connectivity index (χ3n) is 5.13. The molecule has 1 aromatic heterocycles. The van der Waals surface area contributed by atoms with Gasteiger partial charge in [0.1, 0.15) is 11.3 Å². The van der Waals surface area contributed by atoms with E-state index in [1.54, 1.807) is 0 Å². The molecule has 144 valence electrons. The number of likely N-dealkylation sites (tertiary alicyclic amines) is 1. The van der Waals surface area contributed by atoms with Crippen LogP contribution < -0.4 is 5.73 Å². The van der Waals surface area contributed by atoms with Crippen molar-refractivity contribution in [2.75, 3.05) is 13.1 Å². The average Bonchev–Trinajstić information content (AvgIpc) is 3.11. The molecule has 0 atom stereocenters. The first-order valence-electron chi connectivity index (χ1n) is 8.90. The van der Waals surface area contributed by atoms with Crippen LogP contribution in [-0.2, 0) is 0 Å².